The molecule has 0 saturated heterocycles. The minimum atomic E-state index is -0.373. The van der Waals surface area contributed by atoms with Gasteiger partial charge in [0.15, 0.2) is 11.0 Å². The summed E-state index contributed by atoms with van der Waals surface area (Å²) < 4.78 is 1.91. The highest BCUT2D eigenvalue weighted by Crippen LogP contribution is 2.33. The zero-order valence-corrected chi connectivity index (χ0v) is 19.9. The Hall–Kier alpha value is -2.43. The van der Waals surface area contributed by atoms with Crippen LogP contribution in [0.15, 0.2) is 59.1 Å². The zero-order chi connectivity index (χ0) is 22.5. The third-order valence-corrected chi connectivity index (χ3v) is 6.77. The quantitative estimate of drug-likeness (QED) is 0.245. The first-order valence-corrected chi connectivity index (χ1v) is 12.1. The molecule has 11 heteroatoms. The van der Waals surface area contributed by atoms with Gasteiger partial charge in [0.1, 0.15) is 10.7 Å². The molecular formula is C21H17Cl2N5O2S2. The number of nitrogens with zero attached hydrogens (tertiary/aromatic N) is 4. The number of amides is 1. The van der Waals surface area contributed by atoms with E-state index in [0.717, 1.165) is 16.3 Å². The summed E-state index contributed by atoms with van der Waals surface area (Å²) in [7, 11) is 0. The SMILES string of the molecule is CCONC(=O)c1csc(CSc2nnc(-c3ccccc3Cl)n2-c2cccc(Cl)c2)n1. The molecule has 4 aromatic rings. The van der Waals surface area contributed by atoms with Gasteiger partial charge in [0.25, 0.3) is 5.91 Å². The van der Waals surface area contributed by atoms with Crippen molar-refractivity contribution in [3.05, 3.63) is 74.7 Å². The maximum Gasteiger partial charge on any atom is 0.294 e. The highest BCUT2D eigenvalue weighted by Gasteiger charge is 2.19. The normalized spacial score (nSPS) is 11.0. The Morgan fingerprint density at radius 3 is 2.81 bits per heavy atom. The van der Waals surface area contributed by atoms with Gasteiger partial charge in [-0.05, 0) is 37.3 Å². The predicted molar refractivity (Wildman–Crippen MR) is 128 cm³/mol. The van der Waals surface area contributed by atoms with Gasteiger partial charge < -0.3 is 0 Å². The number of hydroxylamine groups is 1. The smallest absolute Gasteiger partial charge is 0.274 e. The first kappa shape index (κ1) is 22.8. The molecular weight excluding hydrogens is 489 g/mol. The van der Waals surface area contributed by atoms with Crippen molar-refractivity contribution >= 4 is 52.2 Å². The Labute approximate surface area is 202 Å². The number of carbonyl (C=O) groups is 1. The van der Waals surface area contributed by atoms with Crippen LogP contribution >= 0.6 is 46.3 Å². The van der Waals surface area contributed by atoms with E-state index < -0.39 is 0 Å². The van der Waals surface area contributed by atoms with Crippen LogP contribution < -0.4 is 5.48 Å². The molecule has 0 radical (unpaired) electrons. The van der Waals surface area contributed by atoms with E-state index in [-0.39, 0.29) is 5.91 Å². The van der Waals surface area contributed by atoms with Crippen LogP contribution in [0, 0.1) is 0 Å². The Morgan fingerprint density at radius 1 is 1.19 bits per heavy atom. The first-order chi connectivity index (χ1) is 15.6. The average molecular weight is 506 g/mol. The number of thioether (sulfide) groups is 1. The van der Waals surface area contributed by atoms with E-state index in [4.69, 9.17) is 28.0 Å². The van der Waals surface area contributed by atoms with E-state index in [1.807, 2.05) is 53.1 Å². The summed E-state index contributed by atoms with van der Waals surface area (Å²) >= 11 is 15.5. The highest BCUT2D eigenvalue weighted by molar-refractivity contribution is 7.98. The second kappa shape index (κ2) is 10.5. The van der Waals surface area contributed by atoms with Crippen molar-refractivity contribution in [3.63, 3.8) is 0 Å². The number of rotatable bonds is 8. The lowest BCUT2D eigenvalue weighted by Crippen LogP contribution is -2.23. The molecule has 0 aliphatic heterocycles. The third-order valence-electron chi connectivity index (χ3n) is 4.23. The summed E-state index contributed by atoms with van der Waals surface area (Å²) in [5.74, 6) is 0.743. The molecule has 0 saturated carbocycles. The Bertz CT molecular complexity index is 1240. The number of thiazole rings is 1. The van der Waals surface area contributed by atoms with Crippen LogP contribution in [-0.2, 0) is 10.6 Å². The van der Waals surface area contributed by atoms with Crippen LogP contribution in [0.3, 0.4) is 0 Å². The molecule has 0 unspecified atom stereocenters. The summed E-state index contributed by atoms with van der Waals surface area (Å²) in [4.78, 5) is 21.3. The average Bonchev–Trinajstić information content (AvgIpc) is 3.43. The number of benzene rings is 2. The van der Waals surface area contributed by atoms with Crippen molar-refractivity contribution in [2.75, 3.05) is 6.61 Å². The fourth-order valence-electron chi connectivity index (χ4n) is 2.83. The second-order valence-corrected chi connectivity index (χ2v) is 9.11. The molecule has 0 fully saturated rings. The van der Waals surface area contributed by atoms with Crippen LogP contribution in [0.2, 0.25) is 10.0 Å². The fourth-order valence-corrected chi connectivity index (χ4v) is 4.97. The molecule has 1 amide bonds. The Kier molecular flexibility index (Phi) is 7.44. The molecule has 0 atom stereocenters. The lowest BCUT2D eigenvalue weighted by Gasteiger charge is -2.11. The van der Waals surface area contributed by atoms with Gasteiger partial charge in [-0.25, -0.2) is 10.5 Å². The van der Waals surface area contributed by atoms with Crippen LogP contribution in [-0.4, -0.2) is 32.3 Å². The van der Waals surface area contributed by atoms with Gasteiger partial charge in [-0.2, -0.15) is 0 Å². The number of nitrogens with one attached hydrogen (secondary N) is 1. The van der Waals surface area contributed by atoms with E-state index in [2.05, 4.69) is 20.7 Å². The maximum atomic E-state index is 12.0. The second-order valence-electron chi connectivity index (χ2n) is 6.38. The Balaban J connectivity index is 1.63. The molecule has 0 aliphatic carbocycles. The van der Waals surface area contributed by atoms with Crippen LogP contribution in [0.4, 0.5) is 0 Å². The predicted octanol–water partition coefficient (Wildman–Crippen LogP) is 5.67. The van der Waals surface area contributed by atoms with Crippen molar-refractivity contribution < 1.29 is 9.63 Å². The van der Waals surface area contributed by atoms with Crippen molar-refractivity contribution in [2.24, 2.45) is 0 Å². The van der Waals surface area contributed by atoms with E-state index in [0.29, 0.717) is 39.1 Å². The standard InChI is InChI=1S/C21H17Cl2N5O2S2/c1-2-30-27-20(29)17-11-31-18(24-17)12-32-21-26-25-19(15-8-3-4-9-16(15)23)28(21)14-7-5-6-13(22)10-14/h3-11H,2,12H2,1H3,(H,27,29). The van der Waals surface area contributed by atoms with E-state index in [9.17, 15) is 4.79 Å². The Morgan fingerprint density at radius 2 is 2.03 bits per heavy atom. The van der Waals surface area contributed by atoms with E-state index in [1.54, 1.807) is 12.3 Å². The van der Waals surface area contributed by atoms with Gasteiger partial charge in [-0.3, -0.25) is 14.2 Å². The molecule has 2 aromatic carbocycles. The van der Waals surface area contributed by atoms with Crippen molar-refractivity contribution in [1.82, 2.24) is 25.2 Å². The largest absolute Gasteiger partial charge is 0.294 e. The van der Waals surface area contributed by atoms with Crippen molar-refractivity contribution in [3.8, 4) is 17.1 Å². The monoisotopic (exact) mass is 505 g/mol. The summed E-state index contributed by atoms with van der Waals surface area (Å²) in [6.45, 7) is 2.17. The lowest BCUT2D eigenvalue weighted by molar-refractivity contribution is 0.0360. The van der Waals surface area contributed by atoms with Gasteiger partial charge in [0, 0.05) is 16.0 Å². The summed E-state index contributed by atoms with van der Waals surface area (Å²) in [5, 5.41) is 13.1. The maximum absolute atomic E-state index is 12.0. The van der Waals surface area contributed by atoms with Crippen LogP contribution in [0.1, 0.15) is 22.4 Å². The number of carbonyl (C=O) groups excluding carboxylic acids is 1. The zero-order valence-electron chi connectivity index (χ0n) is 16.8. The molecule has 1 N–H and O–H groups in total. The lowest BCUT2D eigenvalue weighted by atomic mass is 10.2. The highest BCUT2D eigenvalue weighted by atomic mass is 35.5. The van der Waals surface area contributed by atoms with Gasteiger partial charge in [0.05, 0.1) is 23.1 Å². The molecule has 4 rings (SSSR count). The molecule has 0 spiro atoms. The van der Waals surface area contributed by atoms with Gasteiger partial charge in [0.2, 0.25) is 0 Å². The molecule has 0 aliphatic rings. The van der Waals surface area contributed by atoms with Crippen molar-refractivity contribution in [2.45, 2.75) is 17.8 Å². The number of aromatic nitrogens is 4. The third kappa shape index (κ3) is 5.13. The number of halogens is 2. The minimum Gasteiger partial charge on any atom is -0.274 e. The molecule has 7 nitrogen and oxygen atoms in total. The van der Waals surface area contributed by atoms with Gasteiger partial charge in [-0.15, -0.1) is 21.5 Å². The fraction of sp³-hybridized carbons (Fsp3) is 0.143. The summed E-state index contributed by atoms with van der Waals surface area (Å²) in [6, 6.07) is 14.9. The number of hydrogen-bond donors (Lipinski definition) is 1. The van der Waals surface area contributed by atoms with Gasteiger partial charge >= 0.3 is 0 Å². The topological polar surface area (TPSA) is 81.9 Å². The molecule has 0 bridgehead atoms. The molecule has 2 heterocycles. The summed E-state index contributed by atoms with van der Waals surface area (Å²) in [5.41, 5.74) is 4.23. The number of hydrogen-bond acceptors (Lipinski definition) is 7. The van der Waals surface area contributed by atoms with Crippen LogP contribution in [0.5, 0.6) is 0 Å². The minimum absolute atomic E-state index is 0.312. The first-order valence-electron chi connectivity index (χ1n) is 9.52. The van der Waals surface area contributed by atoms with E-state index >= 15 is 0 Å². The molecule has 32 heavy (non-hydrogen) atoms. The molecule has 164 valence electrons. The van der Waals surface area contributed by atoms with Crippen LogP contribution in [0.25, 0.3) is 17.1 Å². The molecule has 2 aromatic heterocycles. The summed E-state index contributed by atoms with van der Waals surface area (Å²) in [6.07, 6.45) is 0. The van der Waals surface area contributed by atoms with Crippen molar-refractivity contribution in [1.29, 1.82) is 0 Å². The van der Waals surface area contributed by atoms with Gasteiger partial charge in [-0.1, -0.05) is 53.2 Å². The van der Waals surface area contributed by atoms with E-state index in [1.165, 1.54) is 23.1 Å².